The van der Waals surface area contributed by atoms with Gasteiger partial charge in [0.1, 0.15) is 0 Å². The Morgan fingerprint density at radius 3 is 2.84 bits per heavy atom. The Labute approximate surface area is 117 Å². The van der Waals surface area contributed by atoms with Crippen LogP contribution in [0, 0.1) is 11.3 Å². The first kappa shape index (κ1) is 14.6. The summed E-state index contributed by atoms with van der Waals surface area (Å²) in [6.45, 7) is 4.90. The van der Waals surface area contributed by atoms with E-state index in [1.54, 1.807) is 0 Å². The maximum atomic E-state index is 4.26. The van der Waals surface area contributed by atoms with Gasteiger partial charge in [0, 0.05) is 25.0 Å². The quantitative estimate of drug-likeness (QED) is 0.884. The molecule has 1 saturated carbocycles. The van der Waals surface area contributed by atoms with Crippen LogP contribution in [0.25, 0.3) is 0 Å². The fourth-order valence-electron chi connectivity index (χ4n) is 3.76. The highest BCUT2D eigenvalue weighted by Crippen LogP contribution is 2.43. The number of aromatic nitrogens is 2. The van der Waals surface area contributed by atoms with Crippen LogP contribution in [0.15, 0.2) is 12.3 Å². The molecule has 1 aliphatic carbocycles. The molecule has 0 saturated heterocycles. The molecule has 1 aromatic rings. The van der Waals surface area contributed by atoms with E-state index in [1.165, 1.54) is 37.8 Å². The summed E-state index contributed by atoms with van der Waals surface area (Å²) >= 11 is 0. The Bertz CT molecular complexity index is 394. The van der Waals surface area contributed by atoms with Crippen molar-refractivity contribution in [1.29, 1.82) is 0 Å². The predicted octanol–water partition coefficient (Wildman–Crippen LogP) is 3.16. The molecule has 1 heterocycles. The third-order valence-electron chi connectivity index (χ3n) is 5.08. The SMILES string of the molecule is CNC(CCc1ccnn1C)C1CCCCC1(C)C. The monoisotopic (exact) mass is 263 g/mol. The molecular weight excluding hydrogens is 234 g/mol. The lowest BCUT2D eigenvalue weighted by atomic mass is 9.65. The van der Waals surface area contributed by atoms with Crippen LogP contribution in [0.3, 0.4) is 0 Å². The molecule has 0 aliphatic heterocycles. The number of hydrogen-bond donors (Lipinski definition) is 1. The highest BCUT2D eigenvalue weighted by atomic mass is 15.2. The van der Waals surface area contributed by atoms with Crippen LogP contribution in [0.1, 0.15) is 51.6 Å². The minimum absolute atomic E-state index is 0.485. The van der Waals surface area contributed by atoms with Crippen LogP contribution in [-0.4, -0.2) is 22.9 Å². The molecule has 3 heteroatoms. The van der Waals surface area contributed by atoms with Gasteiger partial charge in [-0.15, -0.1) is 0 Å². The molecule has 0 radical (unpaired) electrons. The van der Waals surface area contributed by atoms with Crippen molar-refractivity contribution in [2.45, 2.75) is 58.4 Å². The first-order valence-corrected chi connectivity index (χ1v) is 7.69. The van der Waals surface area contributed by atoms with E-state index in [9.17, 15) is 0 Å². The summed E-state index contributed by atoms with van der Waals surface area (Å²) in [6, 6.07) is 2.77. The smallest absolute Gasteiger partial charge is 0.0492 e. The van der Waals surface area contributed by atoms with Crippen molar-refractivity contribution in [3.8, 4) is 0 Å². The molecule has 0 aromatic carbocycles. The highest BCUT2D eigenvalue weighted by molar-refractivity contribution is 5.01. The molecule has 0 bridgehead atoms. The van der Waals surface area contributed by atoms with Crippen molar-refractivity contribution >= 4 is 0 Å². The van der Waals surface area contributed by atoms with Crippen molar-refractivity contribution in [3.05, 3.63) is 18.0 Å². The number of rotatable bonds is 5. The summed E-state index contributed by atoms with van der Waals surface area (Å²) in [6.07, 6.45) is 9.79. The summed E-state index contributed by atoms with van der Waals surface area (Å²) in [7, 11) is 4.16. The van der Waals surface area contributed by atoms with Crippen molar-refractivity contribution in [1.82, 2.24) is 15.1 Å². The molecule has 0 spiro atoms. The maximum Gasteiger partial charge on any atom is 0.0492 e. The fourth-order valence-corrected chi connectivity index (χ4v) is 3.76. The van der Waals surface area contributed by atoms with Gasteiger partial charge in [0.2, 0.25) is 0 Å². The van der Waals surface area contributed by atoms with E-state index >= 15 is 0 Å². The Kier molecular flexibility index (Phi) is 4.67. The minimum Gasteiger partial charge on any atom is -0.317 e. The second kappa shape index (κ2) is 6.08. The van der Waals surface area contributed by atoms with E-state index in [1.807, 2.05) is 17.9 Å². The summed E-state index contributed by atoms with van der Waals surface area (Å²) in [5, 5.41) is 7.84. The van der Waals surface area contributed by atoms with Gasteiger partial charge in [-0.3, -0.25) is 4.68 Å². The van der Waals surface area contributed by atoms with Gasteiger partial charge >= 0.3 is 0 Å². The lowest BCUT2D eigenvalue weighted by Crippen LogP contribution is -2.43. The van der Waals surface area contributed by atoms with E-state index < -0.39 is 0 Å². The Hall–Kier alpha value is -0.830. The maximum absolute atomic E-state index is 4.26. The molecule has 1 aliphatic rings. The van der Waals surface area contributed by atoms with E-state index in [0.717, 1.165) is 12.3 Å². The predicted molar refractivity (Wildman–Crippen MR) is 80.1 cm³/mol. The average molecular weight is 263 g/mol. The van der Waals surface area contributed by atoms with E-state index in [2.05, 4.69) is 37.4 Å². The molecule has 1 N–H and O–H groups in total. The normalized spacial score (nSPS) is 24.3. The van der Waals surface area contributed by atoms with Gasteiger partial charge in [-0.25, -0.2) is 0 Å². The molecule has 0 amide bonds. The first-order chi connectivity index (χ1) is 9.04. The van der Waals surface area contributed by atoms with Gasteiger partial charge in [0.15, 0.2) is 0 Å². The minimum atomic E-state index is 0.485. The van der Waals surface area contributed by atoms with Gasteiger partial charge < -0.3 is 5.32 Å². The second-order valence-corrected chi connectivity index (χ2v) is 6.72. The van der Waals surface area contributed by atoms with E-state index in [0.29, 0.717) is 11.5 Å². The van der Waals surface area contributed by atoms with Crippen LogP contribution in [0.5, 0.6) is 0 Å². The van der Waals surface area contributed by atoms with Crippen LogP contribution in [0.4, 0.5) is 0 Å². The van der Waals surface area contributed by atoms with E-state index in [-0.39, 0.29) is 0 Å². The van der Waals surface area contributed by atoms with Crippen LogP contribution in [-0.2, 0) is 13.5 Å². The molecule has 1 fully saturated rings. The molecule has 2 rings (SSSR count). The third kappa shape index (κ3) is 3.38. The van der Waals surface area contributed by atoms with Crippen LogP contribution in [0.2, 0.25) is 0 Å². The van der Waals surface area contributed by atoms with E-state index in [4.69, 9.17) is 0 Å². The zero-order valence-corrected chi connectivity index (χ0v) is 12.9. The molecule has 108 valence electrons. The molecule has 2 unspecified atom stereocenters. The number of hydrogen-bond acceptors (Lipinski definition) is 2. The Balaban J connectivity index is 1.97. The van der Waals surface area contributed by atoms with Crippen LogP contribution < -0.4 is 5.32 Å². The zero-order chi connectivity index (χ0) is 13.9. The Morgan fingerprint density at radius 2 is 2.26 bits per heavy atom. The van der Waals surface area contributed by atoms with Gasteiger partial charge in [0.25, 0.3) is 0 Å². The Morgan fingerprint density at radius 1 is 1.47 bits per heavy atom. The largest absolute Gasteiger partial charge is 0.317 e. The second-order valence-electron chi connectivity index (χ2n) is 6.72. The highest BCUT2D eigenvalue weighted by Gasteiger charge is 2.36. The molecule has 2 atom stereocenters. The van der Waals surface area contributed by atoms with Crippen molar-refractivity contribution in [3.63, 3.8) is 0 Å². The number of nitrogens with one attached hydrogen (secondary N) is 1. The van der Waals surface area contributed by atoms with Gasteiger partial charge in [0.05, 0.1) is 0 Å². The topological polar surface area (TPSA) is 29.9 Å². The summed E-state index contributed by atoms with van der Waals surface area (Å²) in [5.41, 5.74) is 1.83. The third-order valence-corrected chi connectivity index (χ3v) is 5.08. The lowest BCUT2D eigenvalue weighted by Gasteiger charge is -2.43. The first-order valence-electron chi connectivity index (χ1n) is 7.69. The lowest BCUT2D eigenvalue weighted by molar-refractivity contribution is 0.0977. The molecular formula is C16H29N3. The van der Waals surface area contributed by atoms with Gasteiger partial charge in [-0.05, 0) is 50.1 Å². The molecule has 1 aromatic heterocycles. The molecule has 3 nitrogen and oxygen atoms in total. The average Bonchev–Trinajstić information content (AvgIpc) is 2.77. The van der Waals surface area contributed by atoms with Crippen LogP contribution >= 0.6 is 0 Å². The van der Waals surface area contributed by atoms with Gasteiger partial charge in [-0.1, -0.05) is 26.7 Å². The van der Waals surface area contributed by atoms with Crippen molar-refractivity contribution in [2.24, 2.45) is 18.4 Å². The van der Waals surface area contributed by atoms with Crippen molar-refractivity contribution < 1.29 is 0 Å². The number of aryl methyl sites for hydroxylation is 2. The summed E-state index contributed by atoms with van der Waals surface area (Å²) in [5.74, 6) is 0.805. The summed E-state index contributed by atoms with van der Waals surface area (Å²) in [4.78, 5) is 0. The zero-order valence-electron chi connectivity index (χ0n) is 12.9. The number of nitrogens with zero attached hydrogens (tertiary/aromatic N) is 2. The summed E-state index contributed by atoms with van der Waals surface area (Å²) < 4.78 is 2.00. The standard InChI is InChI=1S/C16H29N3/c1-16(2)11-6-5-7-14(16)15(17-3)9-8-13-10-12-18-19(13)4/h10,12,14-15,17H,5-9,11H2,1-4H3. The van der Waals surface area contributed by atoms with Crippen molar-refractivity contribution in [2.75, 3.05) is 7.05 Å². The molecule has 19 heavy (non-hydrogen) atoms. The fraction of sp³-hybridized carbons (Fsp3) is 0.812. The van der Waals surface area contributed by atoms with Gasteiger partial charge in [-0.2, -0.15) is 5.10 Å².